The molecule has 0 aromatic heterocycles. The highest BCUT2D eigenvalue weighted by Gasteiger charge is 2.22. The number of nitrogens with one attached hydrogen (secondary N) is 1. The van der Waals surface area contributed by atoms with Crippen molar-refractivity contribution in [2.75, 3.05) is 7.11 Å². The first-order chi connectivity index (χ1) is 10.2. The average molecular weight is 307 g/mol. The highest BCUT2D eigenvalue weighted by Crippen LogP contribution is 2.13. The molecule has 122 valence electrons. The van der Waals surface area contributed by atoms with Gasteiger partial charge in [0.2, 0.25) is 0 Å². The molecule has 22 heavy (non-hydrogen) atoms. The zero-order chi connectivity index (χ0) is 16.8. The summed E-state index contributed by atoms with van der Waals surface area (Å²) < 4.78 is 10.2. The molecule has 1 amide bonds. The van der Waals surface area contributed by atoms with Crippen LogP contribution < -0.4 is 10.1 Å². The zero-order valence-electron chi connectivity index (χ0n) is 13.9. The lowest BCUT2D eigenvalue weighted by molar-refractivity contribution is -0.155. The maximum Gasteiger partial charge on any atom is 0.306 e. The van der Waals surface area contributed by atoms with Gasteiger partial charge in [-0.25, -0.2) is 0 Å². The van der Waals surface area contributed by atoms with Crippen LogP contribution in [0.25, 0.3) is 0 Å². The number of amides is 1. The lowest BCUT2D eigenvalue weighted by Crippen LogP contribution is -2.46. The lowest BCUT2D eigenvalue weighted by Gasteiger charge is -2.23. The van der Waals surface area contributed by atoms with E-state index in [2.05, 4.69) is 5.32 Å². The quantitative estimate of drug-likeness (QED) is 0.820. The van der Waals surface area contributed by atoms with Crippen LogP contribution in [0.2, 0.25) is 0 Å². The van der Waals surface area contributed by atoms with Gasteiger partial charge < -0.3 is 14.8 Å². The van der Waals surface area contributed by atoms with Crippen LogP contribution in [0.5, 0.6) is 5.75 Å². The molecule has 1 N–H and O–H groups in total. The van der Waals surface area contributed by atoms with Crippen LogP contribution >= 0.6 is 0 Å². The van der Waals surface area contributed by atoms with Crippen molar-refractivity contribution in [2.45, 2.75) is 52.2 Å². The first kappa shape index (κ1) is 18.0. The van der Waals surface area contributed by atoms with Gasteiger partial charge in [-0.3, -0.25) is 9.59 Å². The number of carbonyl (C=O) groups is 2. The third-order valence-corrected chi connectivity index (χ3v) is 2.95. The van der Waals surface area contributed by atoms with Gasteiger partial charge in [-0.1, -0.05) is 12.1 Å². The molecule has 0 aliphatic carbocycles. The summed E-state index contributed by atoms with van der Waals surface area (Å²) in [5.74, 6) is 0.108. The highest BCUT2D eigenvalue weighted by molar-refractivity contribution is 5.83. The van der Waals surface area contributed by atoms with Gasteiger partial charge in [0.15, 0.2) is 6.10 Å². The van der Waals surface area contributed by atoms with Gasteiger partial charge in [-0.05, 0) is 51.8 Å². The van der Waals surface area contributed by atoms with Gasteiger partial charge in [-0.2, -0.15) is 0 Å². The van der Waals surface area contributed by atoms with E-state index in [-0.39, 0.29) is 23.8 Å². The van der Waals surface area contributed by atoms with E-state index >= 15 is 0 Å². The topological polar surface area (TPSA) is 64.6 Å². The molecule has 1 rings (SSSR count). The van der Waals surface area contributed by atoms with Crippen molar-refractivity contribution in [3.8, 4) is 5.75 Å². The molecule has 1 atom stereocenters. The predicted molar refractivity (Wildman–Crippen MR) is 84.8 cm³/mol. The van der Waals surface area contributed by atoms with Crippen LogP contribution in [0.3, 0.4) is 0 Å². The number of esters is 1. The first-order valence-electron chi connectivity index (χ1n) is 7.35. The van der Waals surface area contributed by atoms with E-state index in [1.54, 1.807) is 14.0 Å². The minimum atomic E-state index is -0.789. The van der Waals surface area contributed by atoms with Crippen molar-refractivity contribution in [3.63, 3.8) is 0 Å². The fourth-order valence-corrected chi connectivity index (χ4v) is 1.82. The average Bonchev–Trinajstić information content (AvgIpc) is 2.43. The summed E-state index contributed by atoms with van der Waals surface area (Å²) in [4.78, 5) is 23.6. The third kappa shape index (κ3) is 6.61. The van der Waals surface area contributed by atoms with Crippen molar-refractivity contribution in [1.29, 1.82) is 0 Å². The normalized spacial score (nSPS) is 12.4. The van der Waals surface area contributed by atoms with Gasteiger partial charge in [0, 0.05) is 12.0 Å². The fourth-order valence-electron chi connectivity index (χ4n) is 1.82. The summed E-state index contributed by atoms with van der Waals surface area (Å²) in [6.45, 7) is 7.21. The van der Waals surface area contributed by atoms with Crippen LogP contribution in [0, 0.1) is 0 Å². The van der Waals surface area contributed by atoms with Crippen molar-refractivity contribution in [2.24, 2.45) is 0 Å². The van der Waals surface area contributed by atoms with E-state index in [1.807, 2.05) is 45.0 Å². The van der Waals surface area contributed by atoms with Crippen LogP contribution in [0.1, 0.15) is 39.7 Å². The second-order valence-corrected chi connectivity index (χ2v) is 6.22. The van der Waals surface area contributed by atoms with Crippen molar-refractivity contribution < 1.29 is 19.1 Å². The largest absolute Gasteiger partial charge is 0.497 e. The second kappa shape index (κ2) is 7.82. The predicted octanol–water partition coefficient (Wildman–Crippen LogP) is 2.47. The van der Waals surface area contributed by atoms with Gasteiger partial charge in [-0.15, -0.1) is 0 Å². The number of carbonyl (C=O) groups excluding carboxylic acids is 2. The van der Waals surface area contributed by atoms with Crippen LogP contribution in [0.15, 0.2) is 24.3 Å². The Morgan fingerprint density at radius 1 is 1.18 bits per heavy atom. The molecule has 0 saturated carbocycles. The Bertz CT molecular complexity index is 502. The Balaban J connectivity index is 2.40. The van der Waals surface area contributed by atoms with Crippen LogP contribution in [-0.2, 0) is 20.7 Å². The SMILES string of the molecule is COc1ccc(CCC(=O)O[C@H](C)C(=O)NC(C)(C)C)cc1. The van der Waals surface area contributed by atoms with Crippen LogP contribution in [-0.4, -0.2) is 30.6 Å². The van der Waals surface area contributed by atoms with E-state index < -0.39 is 6.10 Å². The Kier molecular flexibility index (Phi) is 6.40. The number of hydrogen-bond donors (Lipinski definition) is 1. The van der Waals surface area contributed by atoms with E-state index in [0.717, 1.165) is 11.3 Å². The standard InChI is InChI=1S/C17H25NO4/c1-12(16(20)18-17(2,3)4)22-15(19)11-8-13-6-9-14(21-5)10-7-13/h6-7,9-10,12H,8,11H2,1-5H3,(H,18,20)/t12-/m1/s1. The fraction of sp³-hybridized carbons (Fsp3) is 0.529. The molecule has 1 aromatic rings. The Morgan fingerprint density at radius 3 is 2.27 bits per heavy atom. The summed E-state index contributed by atoms with van der Waals surface area (Å²) in [6, 6.07) is 7.50. The Hall–Kier alpha value is -2.04. The molecule has 1 aromatic carbocycles. The Morgan fingerprint density at radius 2 is 1.77 bits per heavy atom. The molecular formula is C17H25NO4. The minimum absolute atomic E-state index is 0.236. The smallest absolute Gasteiger partial charge is 0.306 e. The first-order valence-corrected chi connectivity index (χ1v) is 7.35. The molecular weight excluding hydrogens is 282 g/mol. The summed E-state index contributed by atoms with van der Waals surface area (Å²) in [6.07, 6.45) is 0.0122. The molecule has 0 aliphatic rings. The van der Waals surface area contributed by atoms with Crippen LogP contribution in [0.4, 0.5) is 0 Å². The summed E-state index contributed by atoms with van der Waals surface area (Å²) >= 11 is 0. The molecule has 0 radical (unpaired) electrons. The molecule has 0 unspecified atom stereocenters. The number of aryl methyl sites for hydroxylation is 1. The molecule has 0 fully saturated rings. The van der Waals surface area contributed by atoms with E-state index in [1.165, 1.54) is 0 Å². The van der Waals surface area contributed by atoms with Gasteiger partial charge in [0.05, 0.1) is 7.11 Å². The molecule has 0 spiro atoms. The highest BCUT2D eigenvalue weighted by atomic mass is 16.5. The monoisotopic (exact) mass is 307 g/mol. The van der Waals surface area contributed by atoms with E-state index in [0.29, 0.717) is 6.42 Å². The van der Waals surface area contributed by atoms with Gasteiger partial charge >= 0.3 is 5.97 Å². The molecule has 0 heterocycles. The summed E-state index contributed by atoms with van der Waals surface area (Å²) in [5, 5.41) is 2.78. The maximum atomic E-state index is 11.8. The molecule has 0 aliphatic heterocycles. The minimum Gasteiger partial charge on any atom is -0.497 e. The number of ether oxygens (including phenoxy) is 2. The molecule has 5 nitrogen and oxygen atoms in total. The molecule has 0 saturated heterocycles. The second-order valence-electron chi connectivity index (χ2n) is 6.22. The zero-order valence-corrected chi connectivity index (χ0v) is 13.9. The van der Waals surface area contributed by atoms with Crippen molar-refractivity contribution in [3.05, 3.63) is 29.8 Å². The van der Waals surface area contributed by atoms with Crippen molar-refractivity contribution in [1.82, 2.24) is 5.32 Å². The summed E-state index contributed by atoms with van der Waals surface area (Å²) in [5.41, 5.74) is 0.672. The molecule has 5 heteroatoms. The number of rotatable bonds is 6. The van der Waals surface area contributed by atoms with E-state index in [4.69, 9.17) is 9.47 Å². The number of hydrogen-bond acceptors (Lipinski definition) is 4. The summed E-state index contributed by atoms with van der Waals surface area (Å²) in [7, 11) is 1.61. The van der Waals surface area contributed by atoms with E-state index in [9.17, 15) is 9.59 Å². The van der Waals surface area contributed by atoms with Crippen molar-refractivity contribution >= 4 is 11.9 Å². The Labute approximate surface area is 132 Å². The number of methoxy groups -OCH3 is 1. The lowest BCUT2D eigenvalue weighted by atomic mass is 10.1. The number of benzene rings is 1. The van der Waals surface area contributed by atoms with Gasteiger partial charge in [0.25, 0.3) is 5.91 Å². The van der Waals surface area contributed by atoms with Gasteiger partial charge in [0.1, 0.15) is 5.75 Å². The third-order valence-electron chi connectivity index (χ3n) is 2.95. The maximum absolute atomic E-state index is 11.8. The molecule has 0 bridgehead atoms.